The van der Waals surface area contributed by atoms with Gasteiger partial charge < -0.3 is 15.5 Å². The molecule has 0 radical (unpaired) electrons. The lowest BCUT2D eigenvalue weighted by molar-refractivity contribution is -0.174. The highest BCUT2D eigenvalue weighted by molar-refractivity contribution is 7.85. The second-order valence-electron chi connectivity index (χ2n) is 13.5. The van der Waals surface area contributed by atoms with E-state index in [2.05, 4.69) is 26.1 Å². The molecule has 0 aliphatic heterocycles. The van der Waals surface area contributed by atoms with Crippen LogP contribution in [0.3, 0.4) is 0 Å². The molecular formula is C30H45NO6S. The maximum absolute atomic E-state index is 12.7. The lowest BCUT2D eigenvalue weighted by atomic mass is 9.43. The molecule has 1 aromatic carbocycles. The van der Waals surface area contributed by atoms with Crippen LogP contribution in [0.25, 0.3) is 0 Å². The zero-order chi connectivity index (χ0) is 27.5. The maximum Gasteiger partial charge on any atom is 0.294 e. The fraction of sp³-hybridized carbons (Fsp3) is 0.767. The first-order valence-electron chi connectivity index (χ1n) is 14.6. The molecule has 1 amide bonds. The van der Waals surface area contributed by atoms with Gasteiger partial charge in [-0.3, -0.25) is 9.35 Å². The van der Waals surface area contributed by atoms with Gasteiger partial charge in [0.2, 0.25) is 5.91 Å². The molecule has 0 aromatic heterocycles. The highest BCUT2D eigenvalue weighted by Gasteiger charge is 2.62. The predicted octanol–water partition coefficient (Wildman–Crippen LogP) is 5.28. The Morgan fingerprint density at radius 2 is 1.76 bits per heavy atom. The molecule has 10 atom stereocenters. The van der Waals surface area contributed by atoms with Gasteiger partial charge in [-0.15, -0.1) is 0 Å². The number of anilines is 1. The number of fused-ring (bicyclic) bond motifs is 5. The predicted molar refractivity (Wildman–Crippen MR) is 146 cm³/mol. The second kappa shape index (κ2) is 10.2. The minimum atomic E-state index is -4.32. The lowest BCUT2D eigenvalue weighted by Crippen LogP contribution is -2.58. The summed E-state index contributed by atoms with van der Waals surface area (Å²) in [6.07, 6.45) is 8.80. The monoisotopic (exact) mass is 547 g/mol. The number of aliphatic hydroxyl groups is 2. The van der Waals surface area contributed by atoms with E-state index in [1.807, 2.05) is 0 Å². The fourth-order valence-electron chi connectivity index (χ4n) is 9.69. The van der Waals surface area contributed by atoms with Gasteiger partial charge in [-0.05, 0) is 122 Å². The van der Waals surface area contributed by atoms with E-state index in [1.165, 1.54) is 24.6 Å². The minimum Gasteiger partial charge on any atom is -0.393 e. The minimum absolute atomic E-state index is 0.158. The van der Waals surface area contributed by atoms with Crippen LogP contribution in [0.5, 0.6) is 0 Å². The van der Waals surface area contributed by atoms with Crippen molar-refractivity contribution in [3.63, 3.8) is 0 Å². The number of benzene rings is 1. The van der Waals surface area contributed by atoms with Crippen LogP contribution < -0.4 is 5.32 Å². The molecule has 4 fully saturated rings. The van der Waals surface area contributed by atoms with Crippen LogP contribution in [0.15, 0.2) is 29.2 Å². The van der Waals surface area contributed by atoms with Gasteiger partial charge in [0, 0.05) is 12.1 Å². The molecule has 8 heteroatoms. The zero-order valence-electron chi connectivity index (χ0n) is 23.0. The molecule has 4 saturated carbocycles. The Labute approximate surface area is 227 Å². The summed E-state index contributed by atoms with van der Waals surface area (Å²) in [6.45, 7) is 7.14. The van der Waals surface area contributed by atoms with Crippen molar-refractivity contribution < 1.29 is 28.0 Å². The molecule has 0 bridgehead atoms. The molecule has 0 heterocycles. The van der Waals surface area contributed by atoms with Crippen LogP contribution in [0.4, 0.5) is 5.69 Å². The Morgan fingerprint density at radius 3 is 2.50 bits per heavy atom. The second-order valence-corrected chi connectivity index (χ2v) is 14.9. The molecule has 4 N–H and O–H groups in total. The molecule has 4 aliphatic rings. The van der Waals surface area contributed by atoms with Gasteiger partial charge in [-0.2, -0.15) is 8.42 Å². The van der Waals surface area contributed by atoms with Gasteiger partial charge in [0.15, 0.2) is 0 Å². The van der Waals surface area contributed by atoms with E-state index < -0.39 is 10.1 Å². The molecule has 4 aliphatic carbocycles. The Balaban J connectivity index is 1.23. The topological polar surface area (TPSA) is 124 Å². The lowest BCUT2D eigenvalue weighted by Gasteiger charge is -2.62. The average molecular weight is 548 g/mol. The molecule has 5 rings (SSSR count). The van der Waals surface area contributed by atoms with Crippen molar-refractivity contribution >= 4 is 21.7 Å². The smallest absolute Gasteiger partial charge is 0.294 e. The van der Waals surface area contributed by atoms with Crippen LogP contribution in [-0.2, 0) is 14.9 Å². The van der Waals surface area contributed by atoms with Crippen LogP contribution in [0.1, 0.15) is 85.0 Å². The molecule has 212 valence electrons. The van der Waals surface area contributed by atoms with E-state index in [9.17, 15) is 28.0 Å². The number of carbonyl (C=O) groups is 1. The molecular weight excluding hydrogens is 502 g/mol. The van der Waals surface area contributed by atoms with Crippen molar-refractivity contribution in [2.24, 2.45) is 46.3 Å². The van der Waals surface area contributed by atoms with Crippen LogP contribution in [0.2, 0.25) is 0 Å². The quantitative estimate of drug-likeness (QED) is 0.359. The van der Waals surface area contributed by atoms with Crippen molar-refractivity contribution in [1.82, 2.24) is 0 Å². The van der Waals surface area contributed by atoms with E-state index in [-0.39, 0.29) is 33.8 Å². The standard InChI is InChI=1S/C30H45NO6S/c1-18(7-10-27(34)31-20-5-4-6-22(17-20)38(35,36)37)23-8-9-24-28-25(12-14-30(23,24)3)29(2)13-11-21(32)15-19(29)16-26(28)33/h4-6,17-19,21,23-26,28,32-33H,7-16H2,1-3H3,(H,31,34)(H,35,36,37)/t18?,19?,21-,23-,24?,25?,26-,28?,29+,30-/m1/s1. The molecule has 1 aromatic rings. The third-order valence-corrected chi connectivity index (χ3v) is 12.5. The van der Waals surface area contributed by atoms with Crippen molar-refractivity contribution in [1.29, 1.82) is 0 Å². The van der Waals surface area contributed by atoms with E-state index in [0.29, 0.717) is 47.6 Å². The van der Waals surface area contributed by atoms with Gasteiger partial charge in [0.25, 0.3) is 10.1 Å². The first-order valence-corrected chi connectivity index (χ1v) is 16.0. The largest absolute Gasteiger partial charge is 0.393 e. The van der Waals surface area contributed by atoms with Crippen LogP contribution >= 0.6 is 0 Å². The summed E-state index contributed by atoms with van der Waals surface area (Å²) < 4.78 is 32.1. The van der Waals surface area contributed by atoms with E-state index >= 15 is 0 Å². The number of nitrogens with one attached hydrogen (secondary N) is 1. The number of rotatable bonds is 6. The number of hydrogen-bond acceptors (Lipinski definition) is 5. The summed E-state index contributed by atoms with van der Waals surface area (Å²) in [5, 5.41) is 24.5. The third kappa shape index (κ3) is 4.95. The van der Waals surface area contributed by atoms with E-state index in [0.717, 1.165) is 51.4 Å². The summed E-state index contributed by atoms with van der Waals surface area (Å²) in [5.41, 5.74) is 0.746. The number of aliphatic hydroxyl groups excluding tert-OH is 2. The van der Waals surface area contributed by atoms with Gasteiger partial charge in [-0.1, -0.05) is 26.8 Å². The van der Waals surface area contributed by atoms with E-state index in [4.69, 9.17) is 0 Å². The highest BCUT2D eigenvalue weighted by atomic mass is 32.2. The third-order valence-electron chi connectivity index (χ3n) is 11.7. The van der Waals surface area contributed by atoms with Crippen molar-refractivity contribution in [2.75, 3.05) is 5.32 Å². The zero-order valence-corrected chi connectivity index (χ0v) is 23.8. The van der Waals surface area contributed by atoms with Gasteiger partial charge in [-0.25, -0.2) is 0 Å². The fourth-order valence-corrected chi connectivity index (χ4v) is 10.2. The summed E-state index contributed by atoms with van der Waals surface area (Å²) in [5.74, 6) is 2.50. The summed E-state index contributed by atoms with van der Waals surface area (Å²) in [6, 6.07) is 5.67. The Kier molecular flexibility index (Phi) is 7.51. The first-order chi connectivity index (χ1) is 17.8. The Bertz CT molecular complexity index is 1160. The van der Waals surface area contributed by atoms with Crippen molar-refractivity contribution in [2.45, 2.75) is 102 Å². The first kappa shape index (κ1) is 28.1. The SMILES string of the molecule is CC(CCC(=O)Nc1cccc(S(=O)(=O)O)c1)[C@H]1CCC2C3C(CC[C@@]21C)[C@@]1(C)CC[C@@H](O)CC1C[C@H]3O. The van der Waals surface area contributed by atoms with Crippen molar-refractivity contribution in [3.8, 4) is 0 Å². The Morgan fingerprint density at radius 1 is 1.05 bits per heavy atom. The number of carbonyl (C=O) groups excluding carboxylic acids is 1. The molecule has 38 heavy (non-hydrogen) atoms. The molecule has 0 spiro atoms. The van der Waals surface area contributed by atoms with Crippen LogP contribution in [0, 0.1) is 46.3 Å². The maximum atomic E-state index is 12.7. The number of amides is 1. The van der Waals surface area contributed by atoms with Gasteiger partial charge in [0.1, 0.15) is 0 Å². The van der Waals surface area contributed by atoms with Crippen LogP contribution in [-0.4, -0.2) is 41.3 Å². The summed E-state index contributed by atoms with van der Waals surface area (Å²) in [7, 11) is -4.32. The normalized spacial score (nSPS) is 41.5. The molecule has 5 unspecified atom stereocenters. The van der Waals surface area contributed by atoms with Gasteiger partial charge in [0.05, 0.1) is 17.1 Å². The van der Waals surface area contributed by atoms with E-state index in [1.54, 1.807) is 6.07 Å². The highest BCUT2D eigenvalue weighted by Crippen LogP contribution is 2.68. The number of hydrogen-bond donors (Lipinski definition) is 4. The van der Waals surface area contributed by atoms with Crippen molar-refractivity contribution in [3.05, 3.63) is 24.3 Å². The Hall–Kier alpha value is -1.48. The summed E-state index contributed by atoms with van der Waals surface area (Å²) >= 11 is 0. The van der Waals surface area contributed by atoms with Gasteiger partial charge >= 0.3 is 0 Å². The molecule has 0 saturated heterocycles. The summed E-state index contributed by atoms with van der Waals surface area (Å²) in [4.78, 5) is 12.5. The average Bonchev–Trinajstić information content (AvgIpc) is 3.20. The molecule has 7 nitrogen and oxygen atoms in total.